The fraction of sp³-hybridized carbons (Fsp3) is 0.267. The molecule has 0 aliphatic carbocycles. The highest BCUT2D eigenvalue weighted by Gasteiger charge is 2.27. The molecule has 0 bridgehead atoms. The van der Waals surface area contributed by atoms with Crippen LogP contribution in [-0.2, 0) is 20.1 Å². The van der Waals surface area contributed by atoms with Gasteiger partial charge in [0, 0.05) is 18.0 Å². The number of nitrogen functional groups attached to an aromatic ring is 1. The molecule has 1 aromatic carbocycles. The number of nitrogens with zero attached hydrogens (tertiary/aromatic N) is 5. The Bertz CT molecular complexity index is 824. The average molecular weight is 280 g/mol. The van der Waals surface area contributed by atoms with Crippen LogP contribution in [-0.4, -0.2) is 19.7 Å². The maximum Gasteiger partial charge on any atom is 0.150 e. The van der Waals surface area contributed by atoms with Crippen LogP contribution in [0.4, 0.5) is 11.6 Å². The monoisotopic (exact) mass is 280 g/mol. The highest BCUT2D eigenvalue weighted by atomic mass is 15.3. The number of fused-ring (bicyclic) bond motifs is 2. The van der Waals surface area contributed by atoms with Gasteiger partial charge in [0.05, 0.1) is 24.3 Å². The van der Waals surface area contributed by atoms with E-state index in [-0.39, 0.29) is 0 Å². The van der Waals surface area contributed by atoms with Gasteiger partial charge in [0.2, 0.25) is 0 Å². The van der Waals surface area contributed by atoms with Crippen LogP contribution < -0.4 is 10.6 Å². The molecule has 2 N–H and O–H groups in total. The summed E-state index contributed by atoms with van der Waals surface area (Å²) in [4.78, 5) is 11.1. The third kappa shape index (κ3) is 1.75. The number of aryl methyl sites for hydroxylation is 2. The third-order valence-corrected chi connectivity index (χ3v) is 4.06. The zero-order chi connectivity index (χ0) is 14.6. The quantitative estimate of drug-likeness (QED) is 0.735. The van der Waals surface area contributed by atoms with Crippen LogP contribution in [0.3, 0.4) is 0 Å². The molecule has 0 radical (unpaired) electrons. The molecule has 2 aromatic heterocycles. The molecule has 0 amide bonds. The highest BCUT2D eigenvalue weighted by molar-refractivity contribution is 5.90. The number of hydrogen-bond donors (Lipinski definition) is 1. The molecule has 0 fully saturated rings. The van der Waals surface area contributed by atoms with Crippen molar-refractivity contribution in [1.82, 2.24) is 19.7 Å². The molecule has 0 atom stereocenters. The number of aromatic nitrogens is 4. The predicted octanol–water partition coefficient (Wildman–Crippen LogP) is 1.77. The first-order valence-electron chi connectivity index (χ1n) is 6.90. The lowest BCUT2D eigenvalue weighted by atomic mass is 10.1. The Balaban J connectivity index is 1.82. The Labute approximate surface area is 122 Å². The van der Waals surface area contributed by atoms with Gasteiger partial charge in [0.25, 0.3) is 0 Å². The molecule has 3 aromatic rings. The molecular formula is C15H16N6. The van der Waals surface area contributed by atoms with E-state index in [0.717, 1.165) is 41.1 Å². The van der Waals surface area contributed by atoms with Crippen molar-refractivity contribution in [3.05, 3.63) is 41.3 Å². The second-order valence-electron chi connectivity index (χ2n) is 5.51. The number of anilines is 2. The van der Waals surface area contributed by atoms with Gasteiger partial charge in [-0.2, -0.15) is 5.10 Å². The minimum atomic E-state index is 0.615. The average Bonchev–Trinajstić information content (AvgIpc) is 3.01. The number of rotatable bonds is 1. The first-order chi connectivity index (χ1) is 10.1. The lowest BCUT2D eigenvalue weighted by Crippen LogP contribution is -2.18. The summed E-state index contributed by atoms with van der Waals surface area (Å²) in [5.74, 6) is 1.57. The van der Waals surface area contributed by atoms with Gasteiger partial charge in [-0.1, -0.05) is 11.6 Å². The Morgan fingerprint density at radius 2 is 2.05 bits per heavy atom. The summed E-state index contributed by atoms with van der Waals surface area (Å²) in [6.07, 6.45) is 1.62. The zero-order valence-corrected chi connectivity index (χ0v) is 12.0. The number of nitrogens with two attached hydrogens (primary N) is 1. The van der Waals surface area contributed by atoms with Crippen LogP contribution >= 0.6 is 0 Å². The van der Waals surface area contributed by atoms with Gasteiger partial charge < -0.3 is 10.6 Å². The minimum Gasteiger partial charge on any atom is -0.382 e. The second-order valence-corrected chi connectivity index (χ2v) is 5.51. The van der Waals surface area contributed by atoms with Gasteiger partial charge >= 0.3 is 0 Å². The third-order valence-electron chi connectivity index (χ3n) is 4.06. The largest absolute Gasteiger partial charge is 0.382 e. The van der Waals surface area contributed by atoms with E-state index in [0.29, 0.717) is 5.82 Å². The molecule has 0 saturated carbocycles. The first-order valence-corrected chi connectivity index (χ1v) is 6.90. The van der Waals surface area contributed by atoms with E-state index in [2.05, 4.69) is 39.0 Å². The fourth-order valence-corrected chi connectivity index (χ4v) is 2.98. The molecule has 6 nitrogen and oxygen atoms in total. The van der Waals surface area contributed by atoms with E-state index >= 15 is 0 Å². The summed E-state index contributed by atoms with van der Waals surface area (Å²) in [6, 6.07) is 6.24. The fourth-order valence-electron chi connectivity index (χ4n) is 2.98. The highest BCUT2D eigenvalue weighted by Crippen LogP contribution is 2.33. The molecule has 0 saturated heterocycles. The Morgan fingerprint density at radius 1 is 1.19 bits per heavy atom. The molecule has 0 spiro atoms. The van der Waals surface area contributed by atoms with Crippen LogP contribution in [0.15, 0.2) is 24.5 Å². The van der Waals surface area contributed by atoms with Crippen molar-refractivity contribution in [1.29, 1.82) is 0 Å². The van der Waals surface area contributed by atoms with E-state index < -0.39 is 0 Å². The van der Waals surface area contributed by atoms with Crippen molar-refractivity contribution < 1.29 is 0 Å². The minimum absolute atomic E-state index is 0.615. The standard InChI is InChI=1S/C15H16N6/c1-9-3-4-12-10(5-9)15(18-8-17-12)21-6-11-13(7-21)20(2)19-14(11)16/h3-5,8H,6-7H2,1-2H3,(H2,16,19). The topological polar surface area (TPSA) is 72.9 Å². The number of benzene rings is 1. The molecule has 21 heavy (non-hydrogen) atoms. The van der Waals surface area contributed by atoms with E-state index in [4.69, 9.17) is 5.73 Å². The SMILES string of the molecule is Cc1ccc2ncnc(N3Cc4c(N)nn(C)c4C3)c2c1. The predicted molar refractivity (Wildman–Crippen MR) is 81.8 cm³/mol. The molecule has 4 rings (SSSR count). The van der Waals surface area contributed by atoms with Gasteiger partial charge in [0.15, 0.2) is 5.82 Å². The van der Waals surface area contributed by atoms with Crippen molar-refractivity contribution in [2.45, 2.75) is 20.0 Å². The van der Waals surface area contributed by atoms with Crippen molar-refractivity contribution in [2.75, 3.05) is 10.6 Å². The molecule has 106 valence electrons. The van der Waals surface area contributed by atoms with Gasteiger partial charge in [-0.05, 0) is 19.1 Å². The molecular weight excluding hydrogens is 264 g/mol. The van der Waals surface area contributed by atoms with Crippen LogP contribution in [0.5, 0.6) is 0 Å². The summed E-state index contributed by atoms with van der Waals surface area (Å²) in [5.41, 5.74) is 10.4. The van der Waals surface area contributed by atoms with Crippen LogP contribution in [0.2, 0.25) is 0 Å². The molecule has 6 heteroatoms. The van der Waals surface area contributed by atoms with Crippen molar-refractivity contribution in [3.8, 4) is 0 Å². The van der Waals surface area contributed by atoms with E-state index in [1.54, 1.807) is 6.33 Å². The van der Waals surface area contributed by atoms with Gasteiger partial charge in [-0.3, -0.25) is 4.68 Å². The molecule has 1 aliphatic rings. The summed E-state index contributed by atoms with van der Waals surface area (Å²) in [6.45, 7) is 3.60. The summed E-state index contributed by atoms with van der Waals surface area (Å²) in [5, 5.41) is 5.35. The van der Waals surface area contributed by atoms with Crippen LogP contribution in [0.25, 0.3) is 10.9 Å². The van der Waals surface area contributed by atoms with E-state index in [1.165, 1.54) is 5.56 Å². The van der Waals surface area contributed by atoms with Crippen molar-refractivity contribution >= 4 is 22.5 Å². The normalized spacial score (nSPS) is 13.9. The maximum absolute atomic E-state index is 5.98. The van der Waals surface area contributed by atoms with Crippen LogP contribution in [0, 0.1) is 6.92 Å². The lowest BCUT2D eigenvalue weighted by molar-refractivity contribution is 0.705. The summed E-state index contributed by atoms with van der Waals surface area (Å²) < 4.78 is 1.86. The van der Waals surface area contributed by atoms with Gasteiger partial charge in [-0.15, -0.1) is 0 Å². The number of hydrogen-bond acceptors (Lipinski definition) is 5. The first kappa shape index (κ1) is 12.1. The van der Waals surface area contributed by atoms with Crippen molar-refractivity contribution in [2.24, 2.45) is 7.05 Å². The smallest absolute Gasteiger partial charge is 0.150 e. The van der Waals surface area contributed by atoms with E-state index in [1.807, 2.05) is 17.8 Å². The van der Waals surface area contributed by atoms with Crippen molar-refractivity contribution in [3.63, 3.8) is 0 Å². The van der Waals surface area contributed by atoms with Crippen LogP contribution in [0.1, 0.15) is 16.8 Å². The molecule has 1 aliphatic heterocycles. The van der Waals surface area contributed by atoms with Gasteiger partial charge in [0.1, 0.15) is 12.1 Å². The Morgan fingerprint density at radius 3 is 2.86 bits per heavy atom. The van der Waals surface area contributed by atoms with Gasteiger partial charge in [-0.25, -0.2) is 9.97 Å². The maximum atomic E-state index is 5.98. The molecule has 3 heterocycles. The molecule has 0 unspecified atom stereocenters. The Hall–Kier alpha value is -2.63. The second kappa shape index (κ2) is 4.18. The lowest BCUT2D eigenvalue weighted by Gasteiger charge is -2.18. The summed E-state index contributed by atoms with van der Waals surface area (Å²) >= 11 is 0. The summed E-state index contributed by atoms with van der Waals surface area (Å²) in [7, 11) is 1.93. The zero-order valence-electron chi connectivity index (χ0n) is 12.0. The van der Waals surface area contributed by atoms with E-state index in [9.17, 15) is 0 Å². The Kier molecular flexibility index (Phi) is 2.42.